The molecule has 1 N–H and O–H groups in total. The van der Waals surface area contributed by atoms with Crippen LogP contribution in [0.25, 0.3) is 0 Å². The van der Waals surface area contributed by atoms with Gasteiger partial charge in [-0.2, -0.15) is 13.2 Å². The minimum Gasteiger partial charge on any atom is -0.494 e. The Labute approximate surface area is 232 Å². The Balaban J connectivity index is 1.46. The number of ether oxygens (including phenoxy) is 2. The molecule has 0 spiro atoms. The number of carboxylic acid groups (broad SMARTS) is 1. The summed E-state index contributed by atoms with van der Waals surface area (Å²) in [6.07, 6.45) is -3.51. The molecule has 0 amide bonds. The maximum Gasteiger partial charge on any atom is 0.393 e. The number of alkyl halides is 3. The summed E-state index contributed by atoms with van der Waals surface area (Å²) in [5.74, 6) is -1.21. The van der Waals surface area contributed by atoms with Crippen molar-refractivity contribution in [3.63, 3.8) is 0 Å². The van der Waals surface area contributed by atoms with Crippen LogP contribution in [-0.2, 0) is 4.79 Å². The van der Waals surface area contributed by atoms with E-state index in [0.717, 1.165) is 6.42 Å². The van der Waals surface area contributed by atoms with Gasteiger partial charge in [-0.15, -0.1) is 0 Å². The molecular weight excluding hydrogens is 528 g/mol. The lowest BCUT2D eigenvalue weighted by molar-refractivity contribution is -0.169. The Kier molecular flexibility index (Phi) is 9.36. The van der Waals surface area contributed by atoms with E-state index in [2.05, 4.69) is 13.8 Å². The highest BCUT2D eigenvalue weighted by molar-refractivity contribution is 5.69. The number of nitrogens with zero attached hydrogens (tertiary/aromatic N) is 2. The smallest absolute Gasteiger partial charge is 0.393 e. The molecule has 0 aromatic heterocycles. The molecule has 2 aromatic carbocycles. The van der Waals surface area contributed by atoms with E-state index >= 15 is 0 Å². The molecule has 0 radical (unpaired) electrons. The van der Waals surface area contributed by atoms with Crippen molar-refractivity contribution in [1.29, 1.82) is 0 Å². The SMILES string of the molecule is CCOc1ccc(F)c(N2CCC(Oc3ccc(N4C[C@H](C(F)(F)F)C[C@@H]4CC(=O)O)cc3)C(CC(C)C)C2)c1. The van der Waals surface area contributed by atoms with Crippen LogP contribution in [0.4, 0.5) is 28.9 Å². The van der Waals surface area contributed by atoms with Gasteiger partial charge in [0.05, 0.1) is 24.6 Å². The molecule has 10 heteroatoms. The van der Waals surface area contributed by atoms with E-state index in [4.69, 9.17) is 9.47 Å². The van der Waals surface area contributed by atoms with Gasteiger partial charge in [0.1, 0.15) is 23.4 Å². The van der Waals surface area contributed by atoms with Gasteiger partial charge in [0.15, 0.2) is 0 Å². The maximum absolute atomic E-state index is 14.8. The van der Waals surface area contributed by atoms with Gasteiger partial charge >= 0.3 is 12.1 Å². The number of piperidine rings is 1. The van der Waals surface area contributed by atoms with E-state index < -0.39 is 24.1 Å². The Morgan fingerprint density at radius 3 is 2.42 bits per heavy atom. The molecule has 0 aliphatic carbocycles. The Bertz CT molecular complexity index is 1140. The minimum absolute atomic E-state index is 0.108. The van der Waals surface area contributed by atoms with Crippen molar-refractivity contribution in [2.45, 2.75) is 64.8 Å². The second-order valence-electron chi connectivity index (χ2n) is 11.2. The summed E-state index contributed by atoms with van der Waals surface area (Å²) < 4.78 is 66.9. The van der Waals surface area contributed by atoms with Gasteiger partial charge in [0.25, 0.3) is 0 Å². The molecule has 0 saturated carbocycles. The highest BCUT2D eigenvalue weighted by Gasteiger charge is 2.48. The first kappa shape index (κ1) is 29.8. The van der Waals surface area contributed by atoms with E-state index in [9.17, 15) is 27.5 Å². The monoisotopic (exact) mass is 566 g/mol. The molecule has 2 aliphatic rings. The largest absolute Gasteiger partial charge is 0.494 e. The van der Waals surface area contributed by atoms with Crippen molar-refractivity contribution < 1.29 is 36.9 Å². The molecular formula is C30H38F4N2O4. The molecule has 2 fully saturated rings. The summed E-state index contributed by atoms with van der Waals surface area (Å²) >= 11 is 0. The van der Waals surface area contributed by atoms with Crippen LogP contribution in [0.3, 0.4) is 0 Å². The standard InChI is InChI=1S/C30H38F4N2O4/c1-4-39-25-9-10-26(31)27(16-25)35-12-11-28(20(17-35)13-19(2)3)40-24-7-5-22(6-8-24)36-18-21(30(32,33)34)14-23(36)15-29(37)38/h5-10,16,19-21,23,28H,4,11-15,17-18H2,1-3H3,(H,37,38)/t20?,21-,23-,28?/m1/s1. The zero-order valence-electron chi connectivity index (χ0n) is 23.2. The molecule has 2 aromatic rings. The van der Waals surface area contributed by atoms with Crippen LogP contribution in [0.5, 0.6) is 11.5 Å². The van der Waals surface area contributed by atoms with Gasteiger partial charge in [-0.3, -0.25) is 4.79 Å². The zero-order chi connectivity index (χ0) is 29.0. The zero-order valence-corrected chi connectivity index (χ0v) is 23.2. The van der Waals surface area contributed by atoms with Gasteiger partial charge in [0, 0.05) is 49.8 Å². The molecule has 2 heterocycles. The molecule has 2 saturated heterocycles. The Hall–Kier alpha value is -3.17. The number of halogens is 4. The average Bonchev–Trinajstić information content (AvgIpc) is 3.30. The normalized spacial score (nSPS) is 23.5. The number of anilines is 2. The van der Waals surface area contributed by atoms with E-state index in [1.165, 1.54) is 6.07 Å². The van der Waals surface area contributed by atoms with Crippen LogP contribution in [-0.4, -0.2) is 55.6 Å². The summed E-state index contributed by atoms with van der Waals surface area (Å²) in [6, 6.07) is 10.9. The predicted molar refractivity (Wildman–Crippen MR) is 146 cm³/mol. The minimum atomic E-state index is -4.37. The van der Waals surface area contributed by atoms with Crippen LogP contribution in [0.2, 0.25) is 0 Å². The number of rotatable bonds is 10. The third-order valence-corrected chi connectivity index (χ3v) is 7.75. The Morgan fingerprint density at radius 2 is 1.80 bits per heavy atom. The van der Waals surface area contributed by atoms with Gasteiger partial charge in [-0.25, -0.2) is 4.39 Å². The van der Waals surface area contributed by atoms with Crippen LogP contribution >= 0.6 is 0 Å². The lowest BCUT2D eigenvalue weighted by Gasteiger charge is -2.40. The van der Waals surface area contributed by atoms with Crippen molar-refractivity contribution in [2.24, 2.45) is 17.8 Å². The molecule has 220 valence electrons. The molecule has 2 unspecified atom stereocenters. The second-order valence-corrected chi connectivity index (χ2v) is 11.2. The van der Waals surface area contributed by atoms with Crippen LogP contribution in [0.1, 0.15) is 46.5 Å². The highest BCUT2D eigenvalue weighted by atomic mass is 19.4. The summed E-state index contributed by atoms with van der Waals surface area (Å²) in [6.45, 7) is 7.62. The van der Waals surface area contributed by atoms with Crippen molar-refractivity contribution in [1.82, 2.24) is 0 Å². The van der Waals surface area contributed by atoms with E-state index in [1.54, 1.807) is 41.3 Å². The fraction of sp³-hybridized carbons (Fsp3) is 0.567. The Morgan fingerprint density at radius 1 is 1.10 bits per heavy atom. The first-order valence-electron chi connectivity index (χ1n) is 13.9. The summed E-state index contributed by atoms with van der Waals surface area (Å²) in [5.41, 5.74) is 1.06. The second kappa shape index (κ2) is 12.6. The molecule has 4 atom stereocenters. The number of aliphatic carboxylic acids is 1. The lowest BCUT2D eigenvalue weighted by Crippen LogP contribution is -2.46. The number of hydrogen-bond acceptors (Lipinski definition) is 5. The average molecular weight is 567 g/mol. The number of benzene rings is 2. The number of carbonyl (C=O) groups is 1. The summed E-state index contributed by atoms with van der Waals surface area (Å²) in [4.78, 5) is 14.9. The van der Waals surface area contributed by atoms with Crippen LogP contribution in [0.15, 0.2) is 42.5 Å². The third kappa shape index (κ3) is 7.31. The quantitative estimate of drug-likeness (QED) is 0.320. The topological polar surface area (TPSA) is 62.2 Å². The summed E-state index contributed by atoms with van der Waals surface area (Å²) in [5, 5.41) is 9.23. The number of carboxylic acids is 1. The van der Waals surface area contributed by atoms with Crippen molar-refractivity contribution >= 4 is 17.3 Å². The van der Waals surface area contributed by atoms with Crippen molar-refractivity contribution in [3.8, 4) is 11.5 Å². The highest BCUT2D eigenvalue weighted by Crippen LogP contribution is 2.40. The van der Waals surface area contributed by atoms with Crippen LogP contribution in [0, 0.1) is 23.6 Å². The van der Waals surface area contributed by atoms with E-state index in [1.807, 2.05) is 11.8 Å². The molecule has 0 bridgehead atoms. The molecule has 2 aliphatic heterocycles. The fourth-order valence-corrected chi connectivity index (χ4v) is 5.96. The summed E-state index contributed by atoms with van der Waals surface area (Å²) in [7, 11) is 0. The predicted octanol–water partition coefficient (Wildman–Crippen LogP) is 6.78. The van der Waals surface area contributed by atoms with Gasteiger partial charge in [0.2, 0.25) is 0 Å². The lowest BCUT2D eigenvalue weighted by atomic mass is 9.86. The molecule has 40 heavy (non-hydrogen) atoms. The van der Waals surface area contributed by atoms with E-state index in [-0.39, 0.29) is 37.2 Å². The van der Waals surface area contributed by atoms with Gasteiger partial charge in [-0.05, 0) is 62.1 Å². The third-order valence-electron chi connectivity index (χ3n) is 7.75. The van der Waals surface area contributed by atoms with E-state index in [0.29, 0.717) is 54.9 Å². The first-order valence-corrected chi connectivity index (χ1v) is 13.9. The first-order chi connectivity index (χ1) is 18.9. The number of hydrogen-bond donors (Lipinski definition) is 1. The molecule has 6 nitrogen and oxygen atoms in total. The van der Waals surface area contributed by atoms with Gasteiger partial charge in [-0.1, -0.05) is 13.8 Å². The van der Waals surface area contributed by atoms with Gasteiger partial charge < -0.3 is 24.4 Å². The van der Waals surface area contributed by atoms with Crippen molar-refractivity contribution in [2.75, 3.05) is 36.0 Å². The fourth-order valence-electron chi connectivity index (χ4n) is 5.96. The van der Waals surface area contributed by atoms with Crippen molar-refractivity contribution in [3.05, 3.63) is 48.3 Å². The molecule has 4 rings (SSSR count). The van der Waals surface area contributed by atoms with Crippen LogP contribution < -0.4 is 19.3 Å². The maximum atomic E-state index is 14.8.